The van der Waals surface area contributed by atoms with Crippen LogP contribution in [0, 0.1) is 5.92 Å². The van der Waals surface area contributed by atoms with E-state index in [0.717, 1.165) is 49.6 Å². The minimum absolute atomic E-state index is 0.662. The van der Waals surface area contributed by atoms with Crippen LogP contribution in [-0.2, 0) is 0 Å². The molecule has 0 amide bonds. The molecule has 104 valence electrons. The molecule has 2 heterocycles. The molecular weight excluding hydrogens is 248 g/mol. The Morgan fingerprint density at radius 3 is 2.25 bits per heavy atom. The van der Waals surface area contributed by atoms with E-state index >= 15 is 0 Å². The van der Waals surface area contributed by atoms with Crippen LogP contribution in [0.1, 0.15) is 12.8 Å². The Morgan fingerprint density at radius 1 is 1.00 bits per heavy atom. The molecule has 0 atom stereocenters. The van der Waals surface area contributed by atoms with Crippen LogP contribution in [-0.4, -0.2) is 29.6 Å². The van der Waals surface area contributed by atoms with Gasteiger partial charge in [0.15, 0.2) is 0 Å². The van der Waals surface area contributed by atoms with E-state index in [1.165, 1.54) is 0 Å². The van der Waals surface area contributed by atoms with E-state index < -0.39 is 0 Å². The number of piperidine rings is 1. The number of anilines is 1. The van der Waals surface area contributed by atoms with Crippen molar-refractivity contribution in [3.8, 4) is 11.1 Å². The summed E-state index contributed by atoms with van der Waals surface area (Å²) in [6.07, 6.45) is 6.10. The van der Waals surface area contributed by atoms with E-state index in [-0.39, 0.29) is 0 Å². The Kier molecular flexibility index (Phi) is 3.92. The minimum Gasteiger partial charge on any atom is -0.341 e. The van der Waals surface area contributed by atoms with Crippen LogP contribution in [0.25, 0.3) is 11.1 Å². The van der Waals surface area contributed by atoms with Crippen molar-refractivity contribution in [3.05, 3.63) is 42.7 Å². The van der Waals surface area contributed by atoms with Crippen molar-refractivity contribution in [2.24, 2.45) is 11.7 Å². The third kappa shape index (κ3) is 2.80. The molecule has 0 spiro atoms. The lowest BCUT2D eigenvalue weighted by molar-refractivity contribution is 0.411. The van der Waals surface area contributed by atoms with Crippen molar-refractivity contribution in [1.29, 1.82) is 0 Å². The lowest BCUT2D eigenvalue weighted by atomic mass is 9.97. The fourth-order valence-electron chi connectivity index (χ4n) is 2.63. The number of benzene rings is 1. The van der Waals surface area contributed by atoms with Crippen molar-refractivity contribution in [2.45, 2.75) is 12.8 Å². The zero-order valence-corrected chi connectivity index (χ0v) is 11.6. The van der Waals surface area contributed by atoms with E-state index in [1.807, 2.05) is 30.6 Å². The van der Waals surface area contributed by atoms with Crippen LogP contribution in [0.2, 0.25) is 0 Å². The summed E-state index contributed by atoms with van der Waals surface area (Å²) in [5.74, 6) is 1.50. The van der Waals surface area contributed by atoms with E-state index in [0.29, 0.717) is 5.92 Å². The Labute approximate surface area is 119 Å². The molecule has 0 aliphatic carbocycles. The first-order chi connectivity index (χ1) is 9.86. The number of nitrogens with two attached hydrogens (primary N) is 1. The lowest BCUT2D eigenvalue weighted by Gasteiger charge is -2.31. The minimum atomic E-state index is 0.662. The molecule has 0 bridgehead atoms. The summed E-state index contributed by atoms with van der Waals surface area (Å²) >= 11 is 0. The molecule has 1 aromatic heterocycles. The standard InChI is InChI=1S/C16H20N4/c17-10-13-6-8-20(9-7-13)16-18-11-15(12-19-16)14-4-2-1-3-5-14/h1-5,11-13H,6-10,17H2. The first kappa shape index (κ1) is 13.1. The van der Waals surface area contributed by atoms with Gasteiger partial charge in [0.1, 0.15) is 0 Å². The van der Waals surface area contributed by atoms with Crippen LogP contribution in [0.4, 0.5) is 5.95 Å². The monoisotopic (exact) mass is 268 g/mol. The summed E-state index contributed by atoms with van der Waals surface area (Å²) in [5.41, 5.74) is 7.94. The number of nitrogens with zero attached hydrogens (tertiary/aromatic N) is 3. The molecule has 4 nitrogen and oxygen atoms in total. The molecule has 0 radical (unpaired) electrons. The SMILES string of the molecule is NCC1CCN(c2ncc(-c3ccccc3)cn2)CC1. The van der Waals surface area contributed by atoms with E-state index in [4.69, 9.17) is 5.73 Å². The molecule has 1 aromatic carbocycles. The molecule has 0 unspecified atom stereocenters. The van der Waals surface area contributed by atoms with Gasteiger partial charge in [-0.2, -0.15) is 0 Å². The second-order valence-electron chi connectivity index (χ2n) is 5.30. The zero-order valence-electron chi connectivity index (χ0n) is 11.6. The number of hydrogen-bond acceptors (Lipinski definition) is 4. The molecule has 1 saturated heterocycles. The Bertz CT molecular complexity index is 530. The fraction of sp³-hybridized carbons (Fsp3) is 0.375. The predicted molar refractivity (Wildman–Crippen MR) is 81.5 cm³/mol. The molecule has 4 heteroatoms. The molecule has 1 aliphatic heterocycles. The van der Waals surface area contributed by atoms with Gasteiger partial charge >= 0.3 is 0 Å². The Morgan fingerprint density at radius 2 is 1.65 bits per heavy atom. The highest BCUT2D eigenvalue weighted by atomic mass is 15.2. The van der Waals surface area contributed by atoms with Gasteiger partial charge in [-0.05, 0) is 30.9 Å². The highest BCUT2D eigenvalue weighted by molar-refractivity contribution is 5.61. The summed E-state index contributed by atoms with van der Waals surface area (Å²) in [6, 6.07) is 10.2. The molecule has 1 aliphatic rings. The molecule has 2 N–H and O–H groups in total. The summed E-state index contributed by atoms with van der Waals surface area (Å²) in [6.45, 7) is 2.81. The number of aromatic nitrogens is 2. The van der Waals surface area contributed by atoms with Crippen LogP contribution >= 0.6 is 0 Å². The van der Waals surface area contributed by atoms with Crippen LogP contribution in [0.5, 0.6) is 0 Å². The summed E-state index contributed by atoms with van der Waals surface area (Å²) in [4.78, 5) is 11.3. The average Bonchev–Trinajstić information content (AvgIpc) is 2.56. The average molecular weight is 268 g/mol. The van der Waals surface area contributed by atoms with E-state index in [1.54, 1.807) is 0 Å². The van der Waals surface area contributed by atoms with Gasteiger partial charge in [-0.3, -0.25) is 0 Å². The van der Waals surface area contributed by atoms with Gasteiger partial charge in [-0.15, -0.1) is 0 Å². The molecule has 0 saturated carbocycles. The highest BCUT2D eigenvalue weighted by Crippen LogP contribution is 2.22. The Hall–Kier alpha value is -1.94. The predicted octanol–water partition coefficient (Wildman–Crippen LogP) is 2.32. The van der Waals surface area contributed by atoms with Gasteiger partial charge in [0.25, 0.3) is 0 Å². The number of hydrogen-bond donors (Lipinski definition) is 1. The van der Waals surface area contributed by atoms with Crippen LogP contribution in [0.15, 0.2) is 42.7 Å². The van der Waals surface area contributed by atoms with Gasteiger partial charge in [0.2, 0.25) is 5.95 Å². The normalized spacial score (nSPS) is 16.4. The molecule has 1 fully saturated rings. The van der Waals surface area contributed by atoms with E-state index in [2.05, 4.69) is 27.0 Å². The Balaban J connectivity index is 1.71. The highest BCUT2D eigenvalue weighted by Gasteiger charge is 2.19. The third-order valence-electron chi connectivity index (χ3n) is 3.98. The van der Waals surface area contributed by atoms with Gasteiger partial charge < -0.3 is 10.6 Å². The summed E-state index contributed by atoms with van der Waals surface area (Å²) in [7, 11) is 0. The second kappa shape index (κ2) is 6.01. The first-order valence-corrected chi connectivity index (χ1v) is 7.19. The molecular formula is C16H20N4. The van der Waals surface area contributed by atoms with Crippen molar-refractivity contribution in [3.63, 3.8) is 0 Å². The fourth-order valence-corrected chi connectivity index (χ4v) is 2.63. The van der Waals surface area contributed by atoms with Crippen molar-refractivity contribution >= 4 is 5.95 Å². The number of rotatable bonds is 3. The maximum Gasteiger partial charge on any atom is 0.225 e. The van der Waals surface area contributed by atoms with Gasteiger partial charge in [-0.1, -0.05) is 30.3 Å². The zero-order chi connectivity index (χ0) is 13.8. The summed E-state index contributed by atoms with van der Waals surface area (Å²) in [5, 5.41) is 0. The smallest absolute Gasteiger partial charge is 0.225 e. The van der Waals surface area contributed by atoms with Crippen LogP contribution < -0.4 is 10.6 Å². The van der Waals surface area contributed by atoms with Crippen molar-refractivity contribution < 1.29 is 0 Å². The quantitative estimate of drug-likeness (QED) is 0.928. The van der Waals surface area contributed by atoms with Crippen molar-refractivity contribution in [1.82, 2.24) is 9.97 Å². The maximum absolute atomic E-state index is 5.72. The third-order valence-corrected chi connectivity index (χ3v) is 3.98. The second-order valence-corrected chi connectivity index (χ2v) is 5.30. The lowest BCUT2D eigenvalue weighted by Crippen LogP contribution is -2.37. The summed E-state index contributed by atoms with van der Waals surface area (Å²) < 4.78 is 0. The molecule has 2 aromatic rings. The van der Waals surface area contributed by atoms with Gasteiger partial charge in [0.05, 0.1) is 0 Å². The van der Waals surface area contributed by atoms with Gasteiger partial charge in [-0.25, -0.2) is 9.97 Å². The molecule has 20 heavy (non-hydrogen) atoms. The van der Waals surface area contributed by atoms with E-state index in [9.17, 15) is 0 Å². The topological polar surface area (TPSA) is 55.0 Å². The molecule has 3 rings (SSSR count). The van der Waals surface area contributed by atoms with Crippen LogP contribution in [0.3, 0.4) is 0 Å². The maximum atomic E-state index is 5.72. The largest absolute Gasteiger partial charge is 0.341 e. The first-order valence-electron chi connectivity index (χ1n) is 7.19. The van der Waals surface area contributed by atoms with Gasteiger partial charge in [0, 0.05) is 31.0 Å². The van der Waals surface area contributed by atoms with Crippen molar-refractivity contribution in [2.75, 3.05) is 24.5 Å².